The lowest BCUT2D eigenvalue weighted by Crippen LogP contribution is -2.04. The van der Waals surface area contributed by atoms with Gasteiger partial charge in [0.15, 0.2) is 0 Å². The fourth-order valence-corrected chi connectivity index (χ4v) is 0.581. The van der Waals surface area contributed by atoms with Crippen molar-refractivity contribution in [2.45, 2.75) is 19.3 Å². The van der Waals surface area contributed by atoms with Crippen molar-refractivity contribution in [1.29, 1.82) is 0 Å². The Morgan fingerprint density at radius 3 is 1.73 bits per heavy atom. The van der Waals surface area contributed by atoms with Crippen LogP contribution < -0.4 is 0 Å². The summed E-state index contributed by atoms with van der Waals surface area (Å²) in [6, 6.07) is 0. The SMILES string of the molecule is COC(=O)CCCC(=O)OC.[H+]. The van der Waals surface area contributed by atoms with Gasteiger partial charge in [-0.25, -0.2) is 0 Å². The molecule has 0 aliphatic carbocycles. The summed E-state index contributed by atoms with van der Waals surface area (Å²) in [5, 5.41) is 0. The average Bonchev–Trinajstić information content (AvgIpc) is 2.04. The second kappa shape index (κ2) is 5.70. The molecule has 0 aromatic rings. The first kappa shape index (κ1) is 9.94. The summed E-state index contributed by atoms with van der Waals surface area (Å²) >= 11 is 0. The van der Waals surface area contributed by atoms with Crippen molar-refractivity contribution < 1.29 is 20.5 Å². The number of esters is 2. The summed E-state index contributed by atoms with van der Waals surface area (Å²) in [4.78, 5) is 21.0. The van der Waals surface area contributed by atoms with Gasteiger partial charge >= 0.3 is 13.4 Å². The second-order valence-corrected chi connectivity index (χ2v) is 2.01. The highest BCUT2D eigenvalue weighted by Gasteiger charge is 2.03. The van der Waals surface area contributed by atoms with E-state index >= 15 is 0 Å². The molecule has 0 rings (SSSR count). The fourth-order valence-electron chi connectivity index (χ4n) is 0.581. The van der Waals surface area contributed by atoms with E-state index in [1.807, 2.05) is 0 Å². The van der Waals surface area contributed by atoms with Crippen molar-refractivity contribution in [3.8, 4) is 0 Å². The van der Waals surface area contributed by atoms with Gasteiger partial charge in [-0.15, -0.1) is 0 Å². The first-order valence-electron chi connectivity index (χ1n) is 3.34. The van der Waals surface area contributed by atoms with Gasteiger partial charge in [0.25, 0.3) is 0 Å². The van der Waals surface area contributed by atoms with Gasteiger partial charge in [0.2, 0.25) is 0 Å². The van der Waals surface area contributed by atoms with Gasteiger partial charge < -0.3 is 9.47 Å². The van der Waals surface area contributed by atoms with Crippen LogP contribution in [0.1, 0.15) is 20.7 Å². The van der Waals surface area contributed by atoms with Crippen LogP contribution in [0.5, 0.6) is 0 Å². The molecule has 0 heterocycles. The van der Waals surface area contributed by atoms with E-state index in [0.29, 0.717) is 6.42 Å². The van der Waals surface area contributed by atoms with Gasteiger partial charge in [0, 0.05) is 12.8 Å². The molecular formula is C7H13O4+. The lowest BCUT2D eigenvalue weighted by atomic mass is 10.2. The Balaban J connectivity index is 0. The molecule has 0 aromatic heterocycles. The standard InChI is InChI=1S/C7H12O4/c1-10-6(8)4-3-5-7(9)11-2/h3-5H2,1-2H3/p+1. The lowest BCUT2D eigenvalue weighted by molar-refractivity contribution is -0.142. The Morgan fingerprint density at radius 2 is 1.45 bits per heavy atom. The summed E-state index contributed by atoms with van der Waals surface area (Å²) in [6.07, 6.45) is 1.02. The third-order valence-electron chi connectivity index (χ3n) is 1.22. The van der Waals surface area contributed by atoms with Crippen molar-refractivity contribution in [3.63, 3.8) is 0 Å². The normalized spacial score (nSPS) is 8.91. The van der Waals surface area contributed by atoms with Crippen LogP contribution in [0.4, 0.5) is 0 Å². The molecule has 0 bridgehead atoms. The number of ether oxygens (including phenoxy) is 2. The predicted molar refractivity (Wildman–Crippen MR) is 39.0 cm³/mol. The van der Waals surface area contributed by atoms with Crippen LogP contribution >= 0.6 is 0 Å². The predicted octanol–water partition coefficient (Wildman–Crippen LogP) is 0.615. The number of methoxy groups -OCH3 is 2. The smallest absolute Gasteiger partial charge is 0.469 e. The van der Waals surface area contributed by atoms with Crippen molar-refractivity contribution >= 4 is 11.9 Å². The van der Waals surface area contributed by atoms with Gasteiger partial charge in [-0.05, 0) is 6.42 Å². The van der Waals surface area contributed by atoms with Crippen molar-refractivity contribution in [2.24, 2.45) is 0 Å². The van der Waals surface area contributed by atoms with E-state index in [2.05, 4.69) is 9.47 Å². The van der Waals surface area contributed by atoms with Crippen LogP contribution in [0, 0.1) is 0 Å². The van der Waals surface area contributed by atoms with Crippen molar-refractivity contribution in [1.82, 2.24) is 0 Å². The minimum atomic E-state index is -0.297. The molecule has 4 heteroatoms. The Bertz CT molecular complexity index is 130. The zero-order valence-corrected chi connectivity index (χ0v) is 6.75. The summed E-state index contributed by atoms with van der Waals surface area (Å²) in [7, 11) is 2.64. The molecule has 0 unspecified atom stereocenters. The quantitative estimate of drug-likeness (QED) is 0.567. The molecule has 0 aliphatic rings. The maximum atomic E-state index is 10.5. The zero-order valence-electron chi connectivity index (χ0n) is 7.75. The highest BCUT2D eigenvalue weighted by molar-refractivity contribution is 5.72. The Morgan fingerprint density at radius 1 is 1.09 bits per heavy atom. The average molecular weight is 161 g/mol. The van der Waals surface area contributed by atoms with Crippen LogP contribution in [0.25, 0.3) is 0 Å². The molecule has 0 amide bonds. The summed E-state index contributed by atoms with van der Waals surface area (Å²) in [5.74, 6) is -0.595. The van der Waals surface area contributed by atoms with Crippen LogP contribution in [0.15, 0.2) is 0 Å². The number of hydrogen-bond donors (Lipinski definition) is 0. The van der Waals surface area contributed by atoms with Crippen LogP contribution in [0.2, 0.25) is 0 Å². The third-order valence-corrected chi connectivity index (χ3v) is 1.22. The van der Waals surface area contributed by atoms with E-state index in [1.165, 1.54) is 14.2 Å². The molecule has 0 N–H and O–H groups in total. The monoisotopic (exact) mass is 161 g/mol. The molecule has 0 saturated heterocycles. The maximum Gasteiger partial charge on any atom is 1.00 e. The summed E-state index contributed by atoms with van der Waals surface area (Å²) in [5.41, 5.74) is 0. The van der Waals surface area contributed by atoms with Gasteiger partial charge in [0.1, 0.15) is 0 Å². The molecule has 0 fully saturated rings. The number of hydrogen-bond acceptors (Lipinski definition) is 4. The Kier molecular flexibility index (Phi) is 5.15. The first-order chi connectivity index (χ1) is 5.20. The zero-order chi connectivity index (χ0) is 8.69. The first-order valence-corrected chi connectivity index (χ1v) is 3.34. The lowest BCUT2D eigenvalue weighted by Gasteiger charge is -1.97. The van der Waals surface area contributed by atoms with Crippen molar-refractivity contribution in [3.05, 3.63) is 0 Å². The van der Waals surface area contributed by atoms with Gasteiger partial charge in [-0.2, -0.15) is 0 Å². The molecule has 64 valence electrons. The topological polar surface area (TPSA) is 52.6 Å². The molecule has 0 atom stereocenters. The largest absolute Gasteiger partial charge is 1.00 e. The number of carbonyl (C=O) groups is 2. The van der Waals surface area contributed by atoms with Crippen molar-refractivity contribution in [2.75, 3.05) is 14.2 Å². The Hall–Kier alpha value is -1.06. The molecule has 0 aliphatic heterocycles. The molecule has 0 spiro atoms. The second-order valence-electron chi connectivity index (χ2n) is 2.01. The minimum absolute atomic E-state index is 0. The summed E-state index contributed by atoms with van der Waals surface area (Å²) in [6.45, 7) is 0. The molecule has 0 aromatic carbocycles. The minimum Gasteiger partial charge on any atom is -0.469 e. The molecule has 0 radical (unpaired) electrons. The van der Waals surface area contributed by atoms with Gasteiger partial charge in [-0.3, -0.25) is 9.59 Å². The van der Waals surface area contributed by atoms with Gasteiger partial charge in [0.05, 0.1) is 14.2 Å². The fraction of sp³-hybridized carbons (Fsp3) is 0.714. The van der Waals surface area contributed by atoms with E-state index in [9.17, 15) is 9.59 Å². The van der Waals surface area contributed by atoms with E-state index in [0.717, 1.165) is 0 Å². The molecular weight excluding hydrogens is 148 g/mol. The van der Waals surface area contributed by atoms with Crippen LogP contribution in [0.3, 0.4) is 0 Å². The van der Waals surface area contributed by atoms with E-state index in [1.54, 1.807) is 0 Å². The van der Waals surface area contributed by atoms with Gasteiger partial charge in [-0.1, -0.05) is 0 Å². The van der Waals surface area contributed by atoms with E-state index < -0.39 is 0 Å². The van der Waals surface area contributed by atoms with E-state index in [4.69, 9.17) is 0 Å². The van der Waals surface area contributed by atoms with Crippen LogP contribution in [-0.2, 0) is 19.1 Å². The molecule has 11 heavy (non-hydrogen) atoms. The van der Waals surface area contributed by atoms with E-state index in [-0.39, 0.29) is 26.2 Å². The maximum absolute atomic E-state index is 10.5. The van der Waals surface area contributed by atoms with Crippen LogP contribution in [-0.4, -0.2) is 26.2 Å². The Labute approximate surface area is 67.0 Å². The number of rotatable bonds is 4. The molecule has 0 saturated carbocycles. The third kappa shape index (κ3) is 5.39. The highest BCUT2D eigenvalue weighted by atomic mass is 16.5. The highest BCUT2D eigenvalue weighted by Crippen LogP contribution is 1.97. The molecule has 4 nitrogen and oxygen atoms in total. The summed E-state index contributed by atoms with van der Waals surface area (Å²) < 4.78 is 8.75. The number of carbonyl (C=O) groups excluding carboxylic acids is 2.